The molecule has 154 valence electrons. The quantitative estimate of drug-likeness (QED) is 0.775. The van der Waals surface area contributed by atoms with Crippen molar-refractivity contribution < 1.29 is 23.8 Å². The molecule has 0 spiro atoms. The van der Waals surface area contributed by atoms with Crippen molar-refractivity contribution in [3.8, 4) is 11.5 Å². The fraction of sp³-hybridized carbons (Fsp3) is 0.364. The number of morpholine rings is 1. The summed E-state index contributed by atoms with van der Waals surface area (Å²) in [7, 11) is 3.07. The zero-order valence-electron chi connectivity index (χ0n) is 16.9. The first-order chi connectivity index (χ1) is 14.0. The zero-order valence-corrected chi connectivity index (χ0v) is 16.9. The van der Waals surface area contributed by atoms with Crippen molar-refractivity contribution in [1.29, 1.82) is 0 Å². The number of methoxy groups -OCH3 is 2. The number of rotatable bonds is 7. The van der Waals surface area contributed by atoms with Crippen LogP contribution in [0.5, 0.6) is 11.5 Å². The molecule has 0 bridgehead atoms. The zero-order chi connectivity index (χ0) is 20.8. The van der Waals surface area contributed by atoms with Gasteiger partial charge in [0.25, 0.3) is 11.8 Å². The molecule has 1 N–H and O–H groups in total. The lowest BCUT2D eigenvalue weighted by Crippen LogP contribution is -2.50. The van der Waals surface area contributed by atoms with Crippen LogP contribution in [-0.4, -0.2) is 51.8 Å². The third-order valence-electron chi connectivity index (χ3n) is 4.89. The SMILES string of the molecule is CCc1ccc(N2CC(CNC(=O)c3cc(OC)cc(OC)c3)OCC2=O)cc1. The molecule has 7 heteroatoms. The van der Waals surface area contributed by atoms with Crippen molar-refractivity contribution in [3.05, 3.63) is 53.6 Å². The molecule has 1 unspecified atom stereocenters. The summed E-state index contributed by atoms with van der Waals surface area (Å²) in [6.07, 6.45) is 0.649. The van der Waals surface area contributed by atoms with Gasteiger partial charge in [0.05, 0.1) is 26.9 Å². The van der Waals surface area contributed by atoms with E-state index >= 15 is 0 Å². The summed E-state index contributed by atoms with van der Waals surface area (Å²) in [4.78, 5) is 26.5. The molecule has 0 radical (unpaired) electrons. The second-order valence-corrected chi connectivity index (χ2v) is 6.77. The molecule has 7 nitrogen and oxygen atoms in total. The number of carbonyl (C=O) groups excluding carboxylic acids is 2. The lowest BCUT2D eigenvalue weighted by molar-refractivity contribution is -0.129. The van der Waals surface area contributed by atoms with Gasteiger partial charge in [-0.3, -0.25) is 9.59 Å². The van der Waals surface area contributed by atoms with Crippen molar-refractivity contribution >= 4 is 17.5 Å². The number of nitrogens with zero attached hydrogens (tertiary/aromatic N) is 1. The van der Waals surface area contributed by atoms with E-state index in [-0.39, 0.29) is 31.1 Å². The van der Waals surface area contributed by atoms with Gasteiger partial charge in [-0.2, -0.15) is 0 Å². The van der Waals surface area contributed by atoms with E-state index in [9.17, 15) is 9.59 Å². The van der Waals surface area contributed by atoms with E-state index in [1.54, 1.807) is 23.1 Å². The molecule has 2 aromatic rings. The summed E-state index contributed by atoms with van der Waals surface area (Å²) in [5.74, 6) is 0.724. The van der Waals surface area contributed by atoms with Gasteiger partial charge >= 0.3 is 0 Å². The third-order valence-corrected chi connectivity index (χ3v) is 4.89. The molecule has 1 fully saturated rings. The Bertz CT molecular complexity index is 844. The highest BCUT2D eigenvalue weighted by Gasteiger charge is 2.27. The van der Waals surface area contributed by atoms with Crippen LogP contribution in [0, 0.1) is 0 Å². The third kappa shape index (κ3) is 5.06. The van der Waals surface area contributed by atoms with Crippen LogP contribution >= 0.6 is 0 Å². The Morgan fingerprint density at radius 1 is 1.14 bits per heavy atom. The molecule has 1 aliphatic rings. The summed E-state index contributed by atoms with van der Waals surface area (Å²) >= 11 is 0. The number of anilines is 1. The number of hydrogen-bond donors (Lipinski definition) is 1. The Labute approximate surface area is 170 Å². The average molecular weight is 398 g/mol. The molecule has 29 heavy (non-hydrogen) atoms. The van der Waals surface area contributed by atoms with E-state index < -0.39 is 0 Å². The molecule has 3 rings (SSSR count). The fourth-order valence-corrected chi connectivity index (χ4v) is 3.16. The van der Waals surface area contributed by atoms with Crippen molar-refractivity contribution in [2.75, 3.05) is 38.8 Å². The smallest absolute Gasteiger partial charge is 0.253 e. The highest BCUT2D eigenvalue weighted by atomic mass is 16.5. The second kappa shape index (κ2) is 9.43. The predicted molar refractivity (Wildman–Crippen MR) is 110 cm³/mol. The van der Waals surface area contributed by atoms with Crippen LogP contribution in [0.25, 0.3) is 0 Å². The Balaban J connectivity index is 1.63. The normalized spacial score (nSPS) is 16.4. The topological polar surface area (TPSA) is 77.1 Å². The fourth-order valence-electron chi connectivity index (χ4n) is 3.16. The van der Waals surface area contributed by atoms with Crippen LogP contribution in [0.15, 0.2) is 42.5 Å². The van der Waals surface area contributed by atoms with E-state index in [1.807, 2.05) is 24.3 Å². The number of carbonyl (C=O) groups is 2. The van der Waals surface area contributed by atoms with Crippen molar-refractivity contribution in [3.63, 3.8) is 0 Å². The highest BCUT2D eigenvalue weighted by Crippen LogP contribution is 2.23. The van der Waals surface area contributed by atoms with Crippen molar-refractivity contribution in [2.24, 2.45) is 0 Å². The number of hydrogen-bond acceptors (Lipinski definition) is 5. The lowest BCUT2D eigenvalue weighted by atomic mass is 10.1. The largest absolute Gasteiger partial charge is 0.497 e. The number of amides is 2. The Morgan fingerprint density at radius 2 is 1.79 bits per heavy atom. The van der Waals surface area contributed by atoms with E-state index in [2.05, 4.69) is 12.2 Å². The first-order valence-corrected chi connectivity index (χ1v) is 9.56. The van der Waals surface area contributed by atoms with Crippen LogP contribution < -0.4 is 19.7 Å². The Hall–Kier alpha value is -3.06. The lowest BCUT2D eigenvalue weighted by Gasteiger charge is -2.33. The maximum atomic E-state index is 12.6. The monoisotopic (exact) mass is 398 g/mol. The summed E-state index contributed by atoms with van der Waals surface area (Å²) in [5, 5.41) is 2.86. The minimum atomic E-state index is -0.296. The molecule has 0 saturated carbocycles. The molecule has 1 saturated heterocycles. The Kier molecular flexibility index (Phi) is 6.72. The van der Waals surface area contributed by atoms with Crippen LogP contribution in [0.1, 0.15) is 22.8 Å². The first-order valence-electron chi connectivity index (χ1n) is 9.56. The molecule has 1 heterocycles. The Morgan fingerprint density at radius 3 is 2.38 bits per heavy atom. The molecule has 1 aliphatic heterocycles. The predicted octanol–water partition coefficient (Wildman–Crippen LogP) is 2.43. The minimum absolute atomic E-state index is 0.0109. The minimum Gasteiger partial charge on any atom is -0.497 e. The van der Waals surface area contributed by atoms with Gasteiger partial charge in [0.15, 0.2) is 0 Å². The van der Waals surface area contributed by atoms with Crippen molar-refractivity contribution in [1.82, 2.24) is 5.32 Å². The van der Waals surface area contributed by atoms with E-state index in [1.165, 1.54) is 19.8 Å². The number of benzene rings is 2. The molecule has 2 aromatic carbocycles. The summed E-state index contributed by atoms with van der Waals surface area (Å²) < 4.78 is 16.0. The summed E-state index contributed by atoms with van der Waals surface area (Å²) in [5.41, 5.74) is 2.48. The van der Waals surface area contributed by atoms with Gasteiger partial charge < -0.3 is 24.4 Å². The molecular weight excluding hydrogens is 372 g/mol. The molecule has 0 aliphatic carbocycles. The number of nitrogens with one attached hydrogen (secondary N) is 1. The van der Waals surface area contributed by atoms with Gasteiger partial charge in [-0.25, -0.2) is 0 Å². The van der Waals surface area contributed by atoms with Gasteiger partial charge in [-0.05, 0) is 36.2 Å². The van der Waals surface area contributed by atoms with Crippen LogP contribution in [0.4, 0.5) is 5.69 Å². The molecule has 2 amide bonds. The van der Waals surface area contributed by atoms with E-state index in [0.717, 1.165) is 12.1 Å². The average Bonchev–Trinajstić information content (AvgIpc) is 2.77. The van der Waals surface area contributed by atoms with Gasteiger partial charge in [-0.1, -0.05) is 19.1 Å². The molecular formula is C22H26N2O5. The first kappa shape index (κ1) is 20.7. The van der Waals surface area contributed by atoms with Crippen molar-refractivity contribution in [2.45, 2.75) is 19.4 Å². The standard InChI is InChI=1S/C22H26N2O5/c1-4-15-5-7-17(8-6-15)24-13-20(29-14-21(24)25)12-23-22(26)16-9-18(27-2)11-19(10-16)28-3/h5-11,20H,4,12-14H2,1-3H3,(H,23,26). The maximum Gasteiger partial charge on any atom is 0.253 e. The second-order valence-electron chi connectivity index (χ2n) is 6.77. The van der Waals surface area contributed by atoms with Crippen LogP contribution in [-0.2, 0) is 16.0 Å². The molecule has 0 aromatic heterocycles. The van der Waals surface area contributed by atoms with Gasteiger partial charge in [0, 0.05) is 23.9 Å². The van der Waals surface area contributed by atoms with Gasteiger partial charge in [0.1, 0.15) is 18.1 Å². The van der Waals surface area contributed by atoms with Crippen LogP contribution in [0.2, 0.25) is 0 Å². The van der Waals surface area contributed by atoms with Gasteiger partial charge in [0.2, 0.25) is 0 Å². The maximum absolute atomic E-state index is 12.6. The summed E-state index contributed by atoms with van der Waals surface area (Å²) in [6.45, 7) is 2.75. The van der Waals surface area contributed by atoms with E-state index in [4.69, 9.17) is 14.2 Å². The molecule has 1 atom stereocenters. The number of ether oxygens (including phenoxy) is 3. The number of aryl methyl sites for hydroxylation is 1. The van der Waals surface area contributed by atoms with Gasteiger partial charge in [-0.15, -0.1) is 0 Å². The van der Waals surface area contributed by atoms with Crippen LogP contribution in [0.3, 0.4) is 0 Å². The summed E-state index contributed by atoms with van der Waals surface area (Å²) in [6, 6.07) is 12.9. The highest BCUT2D eigenvalue weighted by molar-refractivity contribution is 5.96. The van der Waals surface area contributed by atoms with E-state index in [0.29, 0.717) is 23.6 Å².